The van der Waals surface area contributed by atoms with Crippen molar-refractivity contribution in [2.24, 2.45) is 0 Å². The molecule has 3 fully saturated rings. The zero-order valence-electron chi connectivity index (χ0n) is 41.1. The molecular weight excluding hydrogens is 749 g/mol. The Labute approximate surface area is 374 Å². The maximum absolute atomic E-state index is 5.10. The molecule has 3 aromatic rings. The van der Waals surface area contributed by atoms with Gasteiger partial charge in [0.25, 0.3) is 0 Å². The summed E-state index contributed by atoms with van der Waals surface area (Å²) in [5.74, 6) is 0.672. The van der Waals surface area contributed by atoms with Crippen LogP contribution in [0.3, 0.4) is 0 Å². The SMILES string of the molecule is CN1CCCC1.CN1CCCCC1.CN1CCOCC1.Cc1cc2c3c(c1)CCCN3CCC2.Cc1ccc2c(c1)C(C)CC(C)(C)N2C.Cc1ccc2c(c1)CCCN2C. The van der Waals surface area contributed by atoms with Gasteiger partial charge in [0, 0.05) is 69.4 Å². The predicted molar refractivity (Wildman–Crippen MR) is 266 cm³/mol. The van der Waals surface area contributed by atoms with E-state index in [1.54, 1.807) is 16.8 Å². The van der Waals surface area contributed by atoms with Crippen LogP contribution in [0.1, 0.15) is 123 Å². The molecule has 0 aromatic heterocycles. The van der Waals surface area contributed by atoms with Crippen molar-refractivity contribution in [3.8, 4) is 0 Å². The summed E-state index contributed by atoms with van der Waals surface area (Å²) in [6.45, 7) is 26.6. The van der Waals surface area contributed by atoms with Crippen LogP contribution in [0.5, 0.6) is 0 Å². The van der Waals surface area contributed by atoms with Gasteiger partial charge < -0.3 is 34.1 Å². The molecule has 10 rings (SSSR count). The Morgan fingerprint density at radius 1 is 0.508 bits per heavy atom. The fourth-order valence-electron chi connectivity index (χ4n) is 10.2. The van der Waals surface area contributed by atoms with Crippen LogP contribution >= 0.6 is 0 Å². The molecule has 1 atom stereocenters. The first-order valence-electron chi connectivity index (χ1n) is 24.4. The number of rotatable bonds is 0. The summed E-state index contributed by atoms with van der Waals surface area (Å²) in [4.78, 5) is 14.4. The monoisotopic (exact) mass is 837 g/mol. The Kier molecular flexibility index (Phi) is 19.3. The molecule has 0 radical (unpaired) electrons. The number of aryl methyl sites for hydroxylation is 6. The Bertz CT molecular complexity index is 1710. The van der Waals surface area contributed by atoms with Crippen LogP contribution in [-0.2, 0) is 24.0 Å². The van der Waals surface area contributed by atoms with E-state index in [-0.39, 0.29) is 5.54 Å². The minimum absolute atomic E-state index is 0.279. The minimum atomic E-state index is 0.279. The number of ether oxygens (including phenoxy) is 1. The van der Waals surface area contributed by atoms with Crippen LogP contribution in [0.15, 0.2) is 48.5 Å². The third kappa shape index (κ3) is 15.0. The van der Waals surface area contributed by atoms with Gasteiger partial charge in [0.1, 0.15) is 0 Å². The van der Waals surface area contributed by atoms with Gasteiger partial charge in [-0.2, -0.15) is 0 Å². The van der Waals surface area contributed by atoms with E-state index in [4.69, 9.17) is 4.74 Å². The summed E-state index contributed by atoms with van der Waals surface area (Å²) < 4.78 is 5.10. The fraction of sp³-hybridized carbons (Fsp3) is 0.667. The summed E-state index contributed by atoms with van der Waals surface area (Å²) in [6, 6.07) is 18.3. The van der Waals surface area contributed by atoms with Gasteiger partial charge in [0.15, 0.2) is 0 Å². The highest BCUT2D eigenvalue weighted by Gasteiger charge is 2.33. The zero-order valence-corrected chi connectivity index (χ0v) is 41.1. The second-order valence-corrected chi connectivity index (χ2v) is 20.1. The van der Waals surface area contributed by atoms with Gasteiger partial charge in [0.05, 0.1) is 13.2 Å². The van der Waals surface area contributed by atoms with Crippen LogP contribution in [0, 0.1) is 20.8 Å². The van der Waals surface area contributed by atoms with Crippen LogP contribution in [0.2, 0.25) is 0 Å². The molecule has 7 heteroatoms. The van der Waals surface area contributed by atoms with E-state index >= 15 is 0 Å². The molecule has 0 aliphatic carbocycles. The molecule has 7 nitrogen and oxygen atoms in total. The summed E-state index contributed by atoms with van der Waals surface area (Å²) >= 11 is 0. The molecule has 1 unspecified atom stereocenters. The number of likely N-dealkylation sites (N-methyl/N-ethyl adjacent to an activating group) is 1. The molecule has 7 aliphatic rings. The first-order valence-corrected chi connectivity index (χ1v) is 24.4. The lowest BCUT2D eigenvalue weighted by atomic mass is 9.80. The maximum Gasteiger partial charge on any atom is 0.0594 e. The third-order valence-electron chi connectivity index (χ3n) is 14.0. The quantitative estimate of drug-likeness (QED) is 0.223. The van der Waals surface area contributed by atoms with Crippen LogP contribution in [0.25, 0.3) is 0 Å². The molecule has 0 saturated carbocycles. The Hall–Kier alpha value is -3.10. The molecule has 61 heavy (non-hydrogen) atoms. The van der Waals surface area contributed by atoms with Crippen LogP contribution < -0.4 is 14.7 Å². The Balaban J connectivity index is 0.000000143. The summed E-state index contributed by atoms with van der Waals surface area (Å²) in [6.07, 6.45) is 16.2. The Morgan fingerprint density at radius 3 is 1.49 bits per heavy atom. The first kappa shape index (κ1) is 48.9. The van der Waals surface area contributed by atoms with Gasteiger partial charge >= 0.3 is 0 Å². The van der Waals surface area contributed by atoms with Crippen molar-refractivity contribution < 1.29 is 4.74 Å². The highest BCUT2D eigenvalue weighted by atomic mass is 16.5. The lowest BCUT2D eigenvalue weighted by molar-refractivity contribution is 0.0503. The van der Waals surface area contributed by atoms with E-state index in [9.17, 15) is 0 Å². The first-order chi connectivity index (χ1) is 29.2. The van der Waals surface area contributed by atoms with E-state index in [2.05, 4.69) is 155 Å². The molecular formula is C54H88N6O. The van der Waals surface area contributed by atoms with E-state index in [0.29, 0.717) is 5.92 Å². The van der Waals surface area contributed by atoms with Gasteiger partial charge in [-0.3, -0.25) is 0 Å². The zero-order chi connectivity index (χ0) is 43.9. The van der Waals surface area contributed by atoms with Crippen molar-refractivity contribution in [1.82, 2.24) is 14.7 Å². The highest BCUT2D eigenvalue weighted by molar-refractivity contribution is 5.64. The summed E-state index contributed by atoms with van der Waals surface area (Å²) in [7, 11) is 10.9. The van der Waals surface area contributed by atoms with Crippen molar-refractivity contribution in [3.05, 3.63) is 87.5 Å². The molecule has 0 bridgehead atoms. The lowest BCUT2D eigenvalue weighted by Crippen LogP contribution is -2.45. The van der Waals surface area contributed by atoms with Gasteiger partial charge in [0.2, 0.25) is 0 Å². The topological polar surface area (TPSA) is 28.7 Å². The smallest absolute Gasteiger partial charge is 0.0594 e. The second kappa shape index (κ2) is 24.1. The number of benzene rings is 3. The number of nitrogens with zero attached hydrogens (tertiary/aromatic N) is 6. The normalized spacial score (nSPS) is 21.8. The molecule has 7 aliphatic heterocycles. The van der Waals surface area contributed by atoms with Crippen molar-refractivity contribution >= 4 is 17.1 Å². The van der Waals surface area contributed by atoms with Gasteiger partial charge in [-0.25, -0.2) is 0 Å². The number of likely N-dealkylation sites (tertiary alicyclic amines) is 2. The van der Waals surface area contributed by atoms with Crippen molar-refractivity contribution in [1.29, 1.82) is 0 Å². The third-order valence-corrected chi connectivity index (χ3v) is 14.0. The fourth-order valence-corrected chi connectivity index (χ4v) is 10.2. The number of fused-ring (bicyclic) bond motifs is 2. The van der Waals surface area contributed by atoms with Crippen molar-refractivity contribution in [2.45, 2.75) is 130 Å². The predicted octanol–water partition coefficient (Wildman–Crippen LogP) is 10.6. The minimum Gasteiger partial charge on any atom is -0.379 e. The molecule has 340 valence electrons. The van der Waals surface area contributed by atoms with Crippen LogP contribution in [-0.4, -0.2) is 128 Å². The molecule has 0 N–H and O–H groups in total. The van der Waals surface area contributed by atoms with E-state index in [0.717, 1.165) is 26.3 Å². The molecule has 0 amide bonds. The average molecular weight is 837 g/mol. The molecule has 7 heterocycles. The second-order valence-electron chi connectivity index (χ2n) is 20.1. The van der Waals surface area contributed by atoms with Gasteiger partial charge in [-0.05, 0) is 193 Å². The number of piperidine rings is 1. The molecule has 3 aromatic carbocycles. The summed E-state index contributed by atoms with van der Waals surface area (Å²) in [5.41, 5.74) is 15.1. The molecule has 3 saturated heterocycles. The lowest BCUT2D eigenvalue weighted by Gasteiger charge is -2.45. The number of anilines is 3. The standard InChI is InChI=1S/C14H21N.C13H17N.C11H15N.C6H13N.C5H11NO.C5H11N/c1-10-6-7-13-12(8-10)11(2)9-14(3,4)15(13)5;1-10-8-11-4-2-6-14-7-3-5-12(9-10)13(11)14;1-9-5-6-11-10(8-9)4-3-7-12(11)2;1-7-5-3-2-4-6-7;1-6-2-4-7-5-3-6;1-6-4-2-3-5-6/h6-8,11H,9H2,1-5H3;8-9H,2-7H2,1H3;5-6,8H,3-4,7H2,1-2H3;2-6H2,1H3;2-5H2,1H3;2-5H2,1H3. The van der Waals surface area contributed by atoms with E-state index in [1.165, 1.54) is 162 Å². The highest BCUT2D eigenvalue weighted by Crippen LogP contribution is 2.42. The summed E-state index contributed by atoms with van der Waals surface area (Å²) in [5, 5.41) is 0. The van der Waals surface area contributed by atoms with Crippen molar-refractivity contribution in [2.75, 3.05) is 122 Å². The number of hydrogen-bond donors (Lipinski definition) is 0. The number of morpholine rings is 1. The largest absolute Gasteiger partial charge is 0.379 e. The van der Waals surface area contributed by atoms with Gasteiger partial charge in [-0.15, -0.1) is 0 Å². The maximum atomic E-state index is 5.10. The Morgan fingerprint density at radius 2 is 0.984 bits per heavy atom. The average Bonchev–Trinajstić information content (AvgIpc) is 3.72. The molecule has 0 spiro atoms. The van der Waals surface area contributed by atoms with Crippen LogP contribution in [0.4, 0.5) is 17.1 Å². The van der Waals surface area contributed by atoms with Gasteiger partial charge in [-0.1, -0.05) is 66.4 Å². The van der Waals surface area contributed by atoms with E-state index in [1.807, 2.05) is 0 Å². The number of hydrogen-bond acceptors (Lipinski definition) is 7. The van der Waals surface area contributed by atoms with Crippen molar-refractivity contribution in [3.63, 3.8) is 0 Å². The van der Waals surface area contributed by atoms with E-state index < -0.39 is 0 Å².